The Balaban J connectivity index is 1.77. The number of carbonyl (C=O) groups excluding carboxylic acids is 2. The van der Waals surface area contributed by atoms with Gasteiger partial charge >= 0.3 is 5.97 Å². The Labute approximate surface area is 140 Å². The summed E-state index contributed by atoms with van der Waals surface area (Å²) >= 11 is 0. The van der Waals surface area contributed by atoms with Crippen molar-refractivity contribution in [3.8, 4) is 0 Å². The quantitative estimate of drug-likeness (QED) is 0.875. The monoisotopic (exact) mass is 325 g/mol. The van der Waals surface area contributed by atoms with Gasteiger partial charge in [-0.05, 0) is 43.2 Å². The normalized spacial score (nSPS) is 13.6. The number of nitrogens with one attached hydrogen (secondary N) is 1. The number of nitrogens with zero attached hydrogens (tertiary/aromatic N) is 2. The minimum Gasteiger partial charge on any atom is -0.465 e. The van der Waals surface area contributed by atoms with Crippen LogP contribution in [0.5, 0.6) is 0 Å². The molecule has 1 aromatic carbocycles. The van der Waals surface area contributed by atoms with Crippen molar-refractivity contribution in [3.05, 3.63) is 53.9 Å². The molecule has 1 N–H and O–H groups in total. The summed E-state index contributed by atoms with van der Waals surface area (Å²) in [4.78, 5) is 30.0. The van der Waals surface area contributed by atoms with Crippen LogP contribution in [-0.2, 0) is 4.74 Å². The van der Waals surface area contributed by atoms with Crippen LogP contribution < -0.4 is 5.32 Å². The molecule has 6 heteroatoms. The fourth-order valence-electron chi connectivity index (χ4n) is 2.72. The first kappa shape index (κ1) is 16.0. The highest BCUT2D eigenvalue weighted by atomic mass is 16.5. The van der Waals surface area contributed by atoms with E-state index in [0.29, 0.717) is 11.3 Å². The summed E-state index contributed by atoms with van der Waals surface area (Å²) in [5, 5.41) is 3.19. The standard InChI is InChI=1S/C18H19N3O3/c1-24-18(23)13-5-4-6-14(11-13)20-15-7-8-19-16(12-15)17(22)21-9-2-3-10-21/h4-8,11-12H,2-3,9-10H2,1H3,(H,19,20). The zero-order valence-corrected chi connectivity index (χ0v) is 13.5. The van der Waals surface area contributed by atoms with Crippen LogP contribution in [0.3, 0.4) is 0 Å². The molecule has 124 valence electrons. The number of ether oxygens (including phenoxy) is 1. The summed E-state index contributed by atoms with van der Waals surface area (Å²) in [5.41, 5.74) is 2.37. The number of aromatic nitrogens is 1. The van der Waals surface area contributed by atoms with Gasteiger partial charge in [-0.2, -0.15) is 0 Å². The average molecular weight is 325 g/mol. The maximum atomic E-state index is 12.4. The van der Waals surface area contributed by atoms with Crippen molar-refractivity contribution < 1.29 is 14.3 Å². The molecule has 24 heavy (non-hydrogen) atoms. The molecule has 1 aliphatic heterocycles. The number of rotatable bonds is 4. The van der Waals surface area contributed by atoms with Gasteiger partial charge in [0.05, 0.1) is 12.7 Å². The number of methoxy groups -OCH3 is 1. The van der Waals surface area contributed by atoms with Crippen molar-refractivity contribution in [1.82, 2.24) is 9.88 Å². The zero-order chi connectivity index (χ0) is 16.9. The molecule has 1 fully saturated rings. The van der Waals surface area contributed by atoms with Gasteiger partial charge in [0.2, 0.25) is 0 Å². The molecule has 2 heterocycles. The van der Waals surface area contributed by atoms with Gasteiger partial charge in [0.25, 0.3) is 5.91 Å². The van der Waals surface area contributed by atoms with Crippen molar-refractivity contribution in [2.75, 3.05) is 25.5 Å². The molecule has 0 radical (unpaired) electrons. The van der Waals surface area contributed by atoms with Gasteiger partial charge in [0.1, 0.15) is 5.69 Å². The SMILES string of the molecule is COC(=O)c1cccc(Nc2ccnc(C(=O)N3CCCC3)c2)c1. The van der Waals surface area contributed by atoms with Crippen LogP contribution in [-0.4, -0.2) is 42.0 Å². The van der Waals surface area contributed by atoms with E-state index in [1.165, 1.54) is 7.11 Å². The van der Waals surface area contributed by atoms with Crippen LogP contribution in [0.25, 0.3) is 0 Å². The largest absolute Gasteiger partial charge is 0.465 e. The predicted octanol–water partition coefficient (Wildman–Crippen LogP) is 2.85. The third-order valence-corrected chi connectivity index (χ3v) is 3.94. The Morgan fingerprint density at radius 3 is 2.62 bits per heavy atom. The van der Waals surface area contributed by atoms with E-state index < -0.39 is 5.97 Å². The van der Waals surface area contributed by atoms with Crippen LogP contribution in [0.4, 0.5) is 11.4 Å². The Kier molecular flexibility index (Phi) is 4.74. The van der Waals surface area contributed by atoms with Crippen molar-refractivity contribution in [3.63, 3.8) is 0 Å². The van der Waals surface area contributed by atoms with Crippen LogP contribution >= 0.6 is 0 Å². The van der Waals surface area contributed by atoms with Crippen LogP contribution in [0.1, 0.15) is 33.7 Å². The second-order valence-electron chi connectivity index (χ2n) is 5.63. The number of carbonyl (C=O) groups is 2. The van der Waals surface area contributed by atoms with E-state index >= 15 is 0 Å². The Hall–Kier alpha value is -2.89. The van der Waals surface area contributed by atoms with Gasteiger partial charge in [0.15, 0.2) is 0 Å². The van der Waals surface area contributed by atoms with Crippen LogP contribution in [0.2, 0.25) is 0 Å². The first-order valence-corrected chi connectivity index (χ1v) is 7.88. The van der Waals surface area contributed by atoms with Crippen molar-refractivity contribution in [1.29, 1.82) is 0 Å². The molecule has 1 aliphatic rings. The molecule has 1 saturated heterocycles. The molecular formula is C18H19N3O3. The minimum absolute atomic E-state index is 0.0422. The molecule has 0 aliphatic carbocycles. The maximum Gasteiger partial charge on any atom is 0.337 e. The number of hydrogen-bond acceptors (Lipinski definition) is 5. The lowest BCUT2D eigenvalue weighted by molar-refractivity contribution is 0.0600. The fraction of sp³-hybridized carbons (Fsp3) is 0.278. The molecule has 0 unspecified atom stereocenters. The average Bonchev–Trinajstić information content (AvgIpc) is 3.15. The number of amides is 1. The Morgan fingerprint density at radius 2 is 1.88 bits per heavy atom. The highest BCUT2D eigenvalue weighted by Gasteiger charge is 2.20. The molecule has 0 spiro atoms. The zero-order valence-electron chi connectivity index (χ0n) is 13.5. The van der Waals surface area contributed by atoms with Crippen molar-refractivity contribution in [2.45, 2.75) is 12.8 Å². The summed E-state index contributed by atoms with van der Waals surface area (Å²) in [7, 11) is 1.35. The highest BCUT2D eigenvalue weighted by Crippen LogP contribution is 2.20. The van der Waals surface area contributed by atoms with Gasteiger partial charge in [-0.3, -0.25) is 9.78 Å². The van der Waals surface area contributed by atoms with Crippen molar-refractivity contribution in [2.24, 2.45) is 0 Å². The Bertz CT molecular complexity index is 755. The summed E-state index contributed by atoms with van der Waals surface area (Å²) in [6, 6.07) is 10.5. The predicted molar refractivity (Wildman–Crippen MR) is 90.4 cm³/mol. The molecule has 0 saturated carbocycles. The molecule has 3 rings (SSSR count). The first-order chi connectivity index (χ1) is 11.7. The third-order valence-electron chi connectivity index (χ3n) is 3.94. The summed E-state index contributed by atoms with van der Waals surface area (Å²) in [5.74, 6) is -0.433. The number of hydrogen-bond donors (Lipinski definition) is 1. The summed E-state index contributed by atoms with van der Waals surface area (Å²) < 4.78 is 4.72. The highest BCUT2D eigenvalue weighted by molar-refractivity contribution is 5.93. The first-order valence-electron chi connectivity index (χ1n) is 7.88. The van der Waals surface area contributed by atoms with E-state index in [0.717, 1.165) is 37.3 Å². The Morgan fingerprint density at radius 1 is 1.12 bits per heavy atom. The van der Waals surface area contributed by atoms with Gasteiger partial charge in [-0.25, -0.2) is 4.79 Å². The van der Waals surface area contributed by atoms with Crippen LogP contribution in [0, 0.1) is 0 Å². The van der Waals surface area contributed by atoms with E-state index in [1.807, 2.05) is 11.0 Å². The second kappa shape index (κ2) is 7.12. The molecule has 0 atom stereocenters. The molecule has 2 aromatic rings. The second-order valence-corrected chi connectivity index (χ2v) is 5.63. The summed E-state index contributed by atoms with van der Waals surface area (Å²) in [6.45, 7) is 1.58. The number of likely N-dealkylation sites (tertiary alicyclic amines) is 1. The maximum absolute atomic E-state index is 12.4. The van der Waals surface area contributed by atoms with Crippen molar-refractivity contribution >= 4 is 23.3 Å². The number of pyridine rings is 1. The number of anilines is 2. The van der Waals surface area contributed by atoms with Gasteiger partial charge in [0, 0.05) is 30.7 Å². The molecular weight excluding hydrogens is 306 g/mol. The molecule has 6 nitrogen and oxygen atoms in total. The van der Waals surface area contributed by atoms with Gasteiger partial charge in [-0.1, -0.05) is 6.07 Å². The van der Waals surface area contributed by atoms with Gasteiger partial charge in [-0.15, -0.1) is 0 Å². The lowest BCUT2D eigenvalue weighted by Crippen LogP contribution is -2.28. The fourth-order valence-corrected chi connectivity index (χ4v) is 2.72. The van der Waals surface area contributed by atoms with Gasteiger partial charge < -0.3 is 15.0 Å². The number of benzene rings is 1. The van der Waals surface area contributed by atoms with Crippen LogP contribution in [0.15, 0.2) is 42.6 Å². The van der Waals surface area contributed by atoms with E-state index in [-0.39, 0.29) is 5.91 Å². The molecule has 1 aromatic heterocycles. The lowest BCUT2D eigenvalue weighted by Gasteiger charge is -2.15. The smallest absolute Gasteiger partial charge is 0.337 e. The topological polar surface area (TPSA) is 71.5 Å². The molecule has 0 bridgehead atoms. The third kappa shape index (κ3) is 3.53. The lowest BCUT2D eigenvalue weighted by atomic mass is 10.2. The van der Waals surface area contributed by atoms with E-state index in [1.54, 1.807) is 36.5 Å². The van der Waals surface area contributed by atoms with E-state index in [2.05, 4.69) is 10.3 Å². The molecule has 1 amide bonds. The minimum atomic E-state index is -0.390. The van der Waals surface area contributed by atoms with E-state index in [9.17, 15) is 9.59 Å². The van der Waals surface area contributed by atoms with E-state index in [4.69, 9.17) is 4.74 Å². The number of esters is 1. The summed E-state index contributed by atoms with van der Waals surface area (Å²) in [6.07, 6.45) is 3.70.